The van der Waals surface area contributed by atoms with Crippen LogP contribution >= 0.6 is 11.3 Å². The normalized spacial score (nSPS) is 12.7. The van der Waals surface area contributed by atoms with Crippen molar-refractivity contribution in [2.45, 2.75) is 26.4 Å². The van der Waals surface area contributed by atoms with Gasteiger partial charge in [0.05, 0.1) is 10.4 Å². The molecular weight excluding hydrogens is 312 g/mol. The smallest absolute Gasteiger partial charge is 0.408 e. The van der Waals surface area contributed by atoms with E-state index in [1.165, 1.54) is 11.3 Å². The first-order chi connectivity index (χ1) is 11.1. The highest BCUT2D eigenvalue weighted by Crippen LogP contribution is 2.15. The van der Waals surface area contributed by atoms with Gasteiger partial charge in [0.2, 0.25) is 0 Å². The Morgan fingerprint density at radius 2 is 2.04 bits per heavy atom. The maximum Gasteiger partial charge on any atom is 0.420 e. The lowest BCUT2D eigenvalue weighted by atomic mass is 10.0. The van der Waals surface area contributed by atoms with Gasteiger partial charge in [0, 0.05) is 12.6 Å². The van der Waals surface area contributed by atoms with Crippen molar-refractivity contribution in [3.63, 3.8) is 0 Å². The van der Waals surface area contributed by atoms with Gasteiger partial charge in [0.25, 0.3) is 5.91 Å². The predicted octanol–water partition coefficient (Wildman–Crippen LogP) is 3.11. The second-order valence-corrected chi connectivity index (χ2v) is 6.70. The summed E-state index contributed by atoms with van der Waals surface area (Å²) in [5, 5.41) is 4.89. The second-order valence-electron chi connectivity index (χ2n) is 5.75. The molecule has 0 aliphatic heterocycles. The maximum absolute atomic E-state index is 12.3. The molecular formula is C17H18N2O3S. The molecule has 0 unspecified atom stereocenters. The molecule has 0 radical (unpaired) electrons. The lowest BCUT2D eigenvalue weighted by molar-refractivity contribution is 0.0924. The van der Waals surface area contributed by atoms with Crippen LogP contribution in [0.15, 0.2) is 51.0 Å². The molecule has 2 heterocycles. The average Bonchev–Trinajstić information content (AvgIpc) is 3.15. The minimum absolute atomic E-state index is 0.112. The topological polar surface area (TPSA) is 64.2 Å². The monoisotopic (exact) mass is 330 g/mol. The molecule has 0 aliphatic carbocycles. The van der Waals surface area contributed by atoms with Crippen molar-refractivity contribution in [2.24, 2.45) is 5.92 Å². The number of benzene rings is 1. The number of fused-ring (bicyclic) bond motifs is 1. The van der Waals surface area contributed by atoms with Crippen molar-refractivity contribution >= 4 is 28.3 Å². The molecule has 2 aromatic heterocycles. The molecule has 1 amide bonds. The summed E-state index contributed by atoms with van der Waals surface area (Å²) in [5.41, 5.74) is 1.30. The summed E-state index contributed by atoms with van der Waals surface area (Å²) in [6, 6.07) is 10.8. The molecule has 5 nitrogen and oxygen atoms in total. The van der Waals surface area contributed by atoms with Crippen LogP contribution in [0, 0.1) is 5.92 Å². The first-order valence-corrected chi connectivity index (χ1v) is 8.37. The van der Waals surface area contributed by atoms with E-state index in [4.69, 9.17) is 4.42 Å². The number of nitrogens with one attached hydrogen (secondary N) is 1. The summed E-state index contributed by atoms with van der Waals surface area (Å²) in [4.78, 5) is 25.0. The van der Waals surface area contributed by atoms with Crippen LogP contribution in [0.3, 0.4) is 0 Å². The lowest BCUT2D eigenvalue weighted by Crippen LogP contribution is -2.42. The number of rotatable bonds is 5. The summed E-state index contributed by atoms with van der Waals surface area (Å²) in [7, 11) is 0. The summed E-state index contributed by atoms with van der Waals surface area (Å²) in [6.45, 7) is 4.42. The molecule has 0 bridgehead atoms. The highest BCUT2D eigenvalue weighted by Gasteiger charge is 2.21. The molecule has 0 saturated heterocycles. The Kier molecular flexibility index (Phi) is 4.34. The van der Waals surface area contributed by atoms with Gasteiger partial charge in [-0.2, -0.15) is 0 Å². The van der Waals surface area contributed by atoms with Crippen LogP contribution in [0.2, 0.25) is 0 Å². The fourth-order valence-corrected chi connectivity index (χ4v) is 3.08. The third-order valence-corrected chi connectivity index (χ3v) is 4.69. The number of nitrogens with zero attached hydrogens (tertiary/aromatic N) is 1. The van der Waals surface area contributed by atoms with Crippen LogP contribution in [0.4, 0.5) is 0 Å². The number of hydrogen-bond acceptors (Lipinski definition) is 4. The van der Waals surface area contributed by atoms with Crippen LogP contribution in [0.25, 0.3) is 11.1 Å². The van der Waals surface area contributed by atoms with Crippen molar-refractivity contribution in [1.82, 2.24) is 9.88 Å². The minimum Gasteiger partial charge on any atom is -0.408 e. The van der Waals surface area contributed by atoms with E-state index in [9.17, 15) is 9.59 Å². The summed E-state index contributed by atoms with van der Waals surface area (Å²) < 4.78 is 6.83. The fourth-order valence-electron chi connectivity index (χ4n) is 2.45. The third kappa shape index (κ3) is 3.22. The average molecular weight is 330 g/mol. The summed E-state index contributed by atoms with van der Waals surface area (Å²) in [5.74, 6) is -0.332. The number of hydrogen-bond donors (Lipinski definition) is 1. The predicted molar refractivity (Wildman–Crippen MR) is 90.9 cm³/mol. The van der Waals surface area contributed by atoms with Crippen molar-refractivity contribution < 1.29 is 9.21 Å². The van der Waals surface area contributed by atoms with Crippen LogP contribution in [0.5, 0.6) is 0 Å². The summed E-state index contributed by atoms with van der Waals surface area (Å²) >= 11 is 1.40. The summed E-state index contributed by atoms with van der Waals surface area (Å²) in [6.07, 6.45) is 0. The first kappa shape index (κ1) is 15.6. The van der Waals surface area contributed by atoms with Gasteiger partial charge in [-0.15, -0.1) is 11.3 Å². The largest absolute Gasteiger partial charge is 0.420 e. The van der Waals surface area contributed by atoms with E-state index in [0.717, 1.165) is 5.52 Å². The van der Waals surface area contributed by atoms with Crippen LogP contribution in [-0.2, 0) is 6.54 Å². The molecule has 6 heteroatoms. The number of carbonyl (C=O) groups is 1. The van der Waals surface area contributed by atoms with Gasteiger partial charge >= 0.3 is 5.76 Å². The molecule has 120 valence electrons. The molecule has 0 saturated carbocycles. The zero-order chi connectivity index (χ0) is 16.4. The number of oxazole rings is 1. The van der Waals surface area contributed by atoms with Crippen molar-refractivity contribution in [1.29, 1.82) is 0 Å². The SMILES string of the molecule is CC(C)[C@H](Cn1c(=O)oc2ccccc21)NC(=O)c1cccs1. The number of thiophene rings is 1. The van der Waals surface area contributed by atoms with E-state index >= 15 is 0 Å². The Balaban J connectivity index is 1.86. The number of carbonyl (C=O) groups excluding carboxylic acids is 1. The van der Waals surface area contributed by atoms with Crippen molar-refractivity contribution in [2.75, 3.05) is 0 Å². The van der Waals surface area contributed by atoms with Gasteiger partial charge in [-0.3, -0.25) is 9.36 Å². The van der Waals surface area contributed by atoms with E-state index in [1.807, 2.05) is 43.5 Å². The zero-order valence-corrected chi connectivity index (χ0v) is 13.8. The lowest BCUT2D eigenvalue weighted by Gasteiger charge is -2.22. The van der Waals surface area contributed by atoms with Gasteiger partial charge in [0.1, 0.15) is 0 Å². The van der Waals surface area contributed by atoms with E-state index in [1.54, 1.807) is 16.7 Å². The highest BCUT2D eigenvalue weighted by molar-refractivity contribution is 7.12. The molecule has 1 atom stereocenters. The number of para-hydroxylation sites is 2. The quantitative estimate of drug-likeness (QED) is 0.782. The Labute approximate surface area is 137 Å². The van der Waals surface area contributed by atoms with Gasteiger partial charge in [-0.05, 0) is 29.5 Å². The first-order valence-electron chi connectivity index (χ1n) is 7.49. The molecule has 3 aromatic rings. The fraction of sp³-hybridized carbons (Fsp3) is 0.294. The van der Waals surface area contributed by atoms with Crippen molar-refractivity contribution in [3.8, 4) is 0 Å². The van der Waals surface area contributed by atoms with Crippen LogP contribution < -0.4 is 11.1 Å². The molecule has 1 aromatic carbocycles. The van der Waals surface area contributed by atoms with Crippen LogP contribution in [0.1, 0.15) is 23.5 Å². The third-order valence-electron chi connectivity index (χ3n) is 3.82. The van der Waals surface area contributed by atoms with Gasteiger partial charge < -0.3 is 9.73 Å². The minimum atomic E-state index is -0.401. The maximum atomic E-state index is 12.3. The Hall–Kier alpha value is -2.34. The zero-order valence-electron chi connectivity index (χ0n) is 13.0. The standard InChI is InChI=1S/C17H18N2O3S/c1-11(2)12(18-16(20)15-8-5-9-23-15)10-19-13-6-3-4-7-14(13)22-17(19)21/h3-9,11-12H,10H2,1-2H3,(H,18,20)/t12-/m0/s1. The van der Waals surface area contributed by atoms with E-state index in [2.05, 4.69) is 5.32 Å². The van der Waals surface area contributed by atoms with Gasteiger partial charge in [-0.1, -0.05) is 32.0 Å². The Morgan fingerprint density at radius 1 is 1.26 bits per heavy atom. The van der Waals surface area contributed by atoms with E-state index in [0.29, 0.717) is 17.0 Å². The molecule has 3 rings (SSSR count). The Bertz CT molecular complexity index is 861. The highest BCUT2D eigenvalue weighted by atomic mass is 32.1. The molecule has 0 spiro atoms. The van der Waals surface area contributed by atoms with Crippen molar-refractivity contribution in [3.05, 3.63) is 57.2 Å². The van der Waals surface area contributed by atoms with Gasteiger partial charge in [0.15, 0.2) is 5.58 Å². The second kappa shape index (κ2) is 6.42. The number of aromatic nitrogens is 1. The Morgan fingerprint density at radius 3 is 2.74 bits per heavy atom. The van der Waals surface area contributed by atoms with E-state index in [-0.39, 0.29) is 17.9 Å². The molecule has 1 N–H and O–H groups in total. The number of amides is 1. The van der Waals surface area contributed by atoms with E-state index < -0.39 is 5.76 Å². The van der Waals surface area contributed by atoms with Gasteiger partial charge in [-0.25, -0.2) is 4.79 Å². The molecule has 23 heavy (non-hydrogen) atoms. The molecule has 0 fully saturated rings. The van der Waals surface area contributed by atoms with Crippen LogP contribution in [-0.4, -0.2) is 16.5 Å². The molecule has 0 aliphatic rings.